The van der Waals surface area contributed by atoms with E-state index in [0.717, 1.165) is 52.2 Å². The summed E-state index contributed by atoms with van der Waals surface area (Å²) in [5.41, 5.74) is 2.74. The van der Waals surface area contributed by atoms with Gasteiger partial charge < -0.3 is 19.4 Å². The van der Waals surface area contributed by atoms with E-state index in [1.165, 1.54) is 0 Å². The van der Waals surface area contributed by atoms with Crippen LogP contribution < -0.4 is 14.8 Å². The van der Waals surface area contributed by atoms with Crippen molar-refractivity contribution in [1.29, 1.82) is 0 Å². The minimum atomic E-state index is -0.0788. The molecule has 0 aliphatic rings. The summed E-state index contributed by atoms with van der Waals surface area (Å²) in [6, 6.07) is 23.2. The number of nitrogens with zero attached hydrogens (tertiary/aromatic N) is 2. The Labute approximate surface area is 208 Å². The van der Waals surface area contributed by atoms with Gasteiger partial charge in [-0.05, 0) is 61.4 Å². The number of ether oxygens (including phenoxy) is 2. The molecule has 0 bridgehead atoms. The molecule has 0 atom stereocenters. The molecule has 4 aromatic rings. The number of imidazole rings is 1. The number of carbonyl (C=O) groups is 1. The summed E-state index contributed by atoms with van der Waals surface area (Å²) in [6.45, 7) is 2.01. The highest BCUT2D eigenvalue weighted by Crippen LogP contribution is 2.20. The fourth-order valence-electron chi connectivity index (χ4n) is 3.81. The lowest BCUT2D eigenvalue weighted by molar-refractivity contribution is 0.0954. The summed E-state index contributed by atoms with van der Waals surface area (Å²) in [7, 11) is 1.65. The molecule has 0 unspecified atom stereocenters. The highest BCUT2D eigenvalue weighted by molar-refractivity contribution is 9.10. The van der Waals surface area contributed by atoms with Crippen molar-refractivity contribution < 1.29 is 14.3 Å². The van der Waals surface area contributed by atoms with E-state index in [-0.39, 0.29) is 5.91 Å². The van der Waals surface area contributed by atoms with Crippen LogP contribution in [0.5, 0.6) is 11.5 Å². The van der Waals surface area contributed by atoms with E-state index in [1.54, 1.807) is 7.11 Å². The first-order chi connectivity index (χ1) is 16.6. The minimum Gasteiger partial charge on any atom is -0.497 e. The van der Waals surface area contributed by atoms with Crippen LogP contribution in [0.1, 0.15) is 29.0 Å². The van der Waals surface area contributed by atoms with Crippen LogP contribution in [-0.4, -0.2) is 35.7 Å². The lowest BCUT2D eigenvalue weighted by atomic mass is 10.2. The molecule has 0 aliphatic carbocycles. The average molecular weight is 522 g/mol. The van der Waals surface area contributed by atoms with Crippen molar-refractivity contribution >= 4 is 32.9 Å². The van der Waals surface area contributed by atoms with Gasteiger partial charge in [0.1, 0.15) is 17.3 Å². The van der Waals surface area contributed by atoms with Gasteiger partial charge in [0, 0.05) is 35.6 Å². The molecule has 1 N–H and O–H groups in total. The largest absolute Gasteiger partial charge is 0.497 e. The second-order valence-corrected chi connectivity index (χ2v) is 8.83. The van der Waals surface area contributed by atoms with Crippen LogP contribution in [0.2, 0.25) is 0 Å². The molecule has 0 saturated heterocycles. The van der Waals surface area contributed by atoms with Gasteiger partial charge in [0.05, 0.1) is 24.8 Å². The molecule has 6 nitrogen and oxygen atoms in total. The number of nitrogens with one attached hydrogen (secondary N) is 1. The maximum atomic E-state index is 12.4. The molecule has 0 spiro atoms. The first-order valence-corrected chi connectivity index (χ1v) is 12.2. The molecule has 0 radical (unpaired) electrons. The number of aryl methyl sites for hydroxylation is 1. The van der Waals surface area contributed by atoms with Gasteiger partial charge in [0.2, 0.25) is 0 Å². The number of fused-ring (bicyclic) bond motifs is 1. The molecule has 176 valence electrons. The van der Waals surface area contributed by atoms with Crippen LogP contribution in [0.25, 0.3) is 11.0 Å². The highest BCUT2D eigenvalue weighted by atomic mass is 79.9. The SMILES string of the molecule is COc1cccc(OCCCCn2c(CCNC(=O)c3ccc(Br)cc3)nc3ccccc32)c1. The summed E-state index contributed by atoms with van der Waals surface area (Å²) in [5.74, 6) is 2.50. The van der Waals surface area contributed by atoms with Crippen LogP contribution in [0.4, 0.5) is 0 Å². The quantitative estimate of drug-likeness (QED) is 0.259. The van der Waals surface area contributed by atoms with Gasteiger partial charge in [0.15, 0.2) is 0 Å². The van der Waals surface area contributed by atoms with Crippen molar-refractivity contribution in [2.75, 3.05) is 20.3 Å². The summed E-state index contributed by atoms with van der Waals surface area (Å²) in [4.78, 5) is 17.2. The molecule has 4 rings (SSSR count). The van der Waals surface area contributed by atoms with Gasteiger partial charge in [0.25, 0.3) is 5.91 Å². The maximum Gasteiger partial charge on any atom is 0.251 e. The zero-order valence-corrected chi connectivity index (χ0v) is 20.8. The van der Waals surface area contributed by atoms with Crippen LogP contribution in [-0.2, 0) is 13.0 Å². The Morgan fingerprint density at radius 2 is 1.79 bits per heavy atom. The monoisotopic (exact) mass is 521 g/mol. The topological polar surface area (TPSA) is 65.4 Å². The number of para-hydroxylation sites is 2. The molecule has 0 saturated carbocycles. The number of benzene rings is 3. The number of aromatic nitrogens is 2. The van der Waals surface area contributed by atoms with Crippen molar-refractivity contribution in [3.8, 4) is 11.5 Å². The number of carbonyl (C=O) groups excluding carboxylic acids is 1. The van der Waals surface area contributed by atoms with E-state index in [2.05, 4.69) is 31.9 Å². The fourth-order valence-corrected chi connectivity index (χ4v) is 4.07. The van der Waals surface area contributed by atoms with Crippen molar-refractivity contribution in [1.82, 2.24) is 14.9 Å². The standard InChI is InChI=1S/C27H28BrN3O3/c1-33-22-7-6-8-23(19-22)34-18-5-4-17-31-25-10-3-2-9-24(25)30-26(31)15-16-29-27(32)20-11-13-21(28)14-12-20/h2-3,6-14,19H,4-5,15-18H2,1H3,(H,29,32). The van der Waals surface area contributed by atoms with Gasteiger partial charge >= 0.3 is 0 Å². The second kappa shape index (κ2) is 11.7. The predicted octanol–water partition coefficient (Wildman–Crippen LogP) is 5.64. The second-order valence-electron chi connectivity index (χ2n) is 7.92. The van der Waals surface area contributed by atoms with E-state index >= 15 is 0 Å². The van der Waals surface area contributed by atoms with Crippen LogP contribution >= 0.6 is 15.9 Å². The van der Waals surface area contributed by atoms with Gasteiger partial charge in [-0.25, -0.2) is 4.98 Å². The lowest BCUT2D eigenvalue weighted by Crippen LogP contribution is -2.26. The third kappa shape index (κ3) is 6.17. The predicted molar refractivity (Wildman–Crippen MR) is 138 cm³/mol. The maximum absolute atomic E-state index is 12.4. The zero-order valence-electron chi connectivity index (χ0n) is 19.2. The van der Waals surface area contributed by atoms with E-state index < -0.39 is 0 Å². The molecular weight excluding hydrogens is 494 g/mol. The number of amides is 1. The molecule has 1 aromatic heterocycles. The van der Waals surface area contributed by atoms with Crippen molar-refractivity contribution in [3.63, 3.8) is 0 Å². The summed E-state index contributed by atoms with van der Waals surface area (Å²) in [5, 5.41) is 3.00. The summed E-state index contributed by atoms with van der Waals surface area (Å²) < 4.78 is 14.3. The lowest BCUT2D eigenvalue weighted by Gasteiger charge is -2.11. The third-order valence-corrected chi connectivity index (χ3v) is 6.09. The van der Waals surface area contributed by atoms with E-state index in [9.17, 15) is 4.79 Å². The van der Waals surface area contributed by atoms with Crippen molar-refractivity contribution in [3.05, 3.63) is 88.7 Å². The Morgan fingerprint density at radius 1 is 1.00 bits per heavy atom. The number of hydrogen-bond donors (Lipinski definition) is 1. The van der Waals surface area contributed by atoms with Gasteiger partial charge in [-0.1, -0.05) is 34.1 Å². The normalized spacial score (nSPS) is 10.9. The average Bonchev–Trinajstić information content (AvgIpc) is 3.21. The molecule has 3 aromatic carbocycles. The van der Waals surface area contributed by atoms with Gasteiger partial charge in [-0.3, -0.25) is 4.79 Å². The van der Waals surface area contributed by atoms with E-state index in [0.29, 0.717) is 25.1 Å². The van der Waals surface area contributed by atoms with E-state index in [4.69, 9.17) is 14.5 Å². The Morgan fingerprint density at radius 3 is 2.62 bits per heavy atom. The number of rotatable bonds is 11. The smallest absolute Gasteiger partial charge is 0.251 e. The number of unbranched alkanes of at least 4 members (excludes halogenated alkanes) is 1. The van der Waals surface area contributed by atoms with Crippen LogP contribution in [0.15, 0.2) is 77.3 Å². The zero-order chi connectivity index (χ0) is 23.8. The highest BCUT2D eigenvalue weighted by Gasteiger charge is 2.11. The van der Waals surface area contributed by atoms with Crippen molar-refractivity contribution in [2.24, 2.45) is 0 Å². The molecule has 1 amide bonds. The molecule has 7 heteroatoms. The number of hydrogen-bond acceptors (Lipinski definition) is 4. The van der Waals surface area contributed by atoms with Crippen LogP contribution in [0, 0.1) is 0 Å². The van der Waals surface area contributed by atoms with Crippen molar-refractivity contribution in [2.45, 2.75) is 25.8 Å². The van der Waals surface area contributed by atoms with Crippen LogP contribution in [0.3, 0.4) is 0 Å². The molecule has 1 heterocycles. The van der Waals surface area contributed by atoms with E-state index in [1.807, 2.05) is 66.7 Å². The Kier molecular flexibility index (Phi) is 8.20. The first-order valence-electron chi connectivity index (χ1n) is 11.4. The number of halogens is 1. The summed E-state index contributed by atoms with van der Waals surface area (Å²) in [6.07, 6.45) is 2.54. The first kappa shape index (κ1) is 23.8. The molecule has 0 aliphatic heterocycles. The molecule has 0 fully saturated rings. The fraction of sp³-hybridized carbons (Fsp3) is 0.259. The van der Waals surface area contributed by atoms with Gasteiger partial charge in [-0.15, -0.1) is 0 Å². The summed E-state index contributed by atoms with van der Waals surface area (Å²) >= 11 is 3.39. The molecule has 34 heavy (non-hydrogen) atoms. The molecular formula is C27H28BrN3O3. The number of methoxy groups -OCH3 is 1. The third-order valence-electron chi connectivity index (χ3n) is 5.56. The Balaban J connectivity index is 1.32. The van der Waals surface area contributed by atoms with Gasteiger partial charge in [-0.2, -0.15) is 0 Å². The minimum absolute atomic E-state index is 0.0788. The Bertz CT molecular complexity index is 1240. The Hall–Kier alpha value is -3.32.